The standard InChI is InChI=1S/C18H23N5O4/c1-11(19)17-20-16(12-6-4-3-5-7-12)21-23(17)10-15(25)22-9-13(24)8-14(22)18(26)27-2/h3-7,11,13-14,24H,8-10,19H2,1-2H3/t11-,13+,14-/m0/s1. The van der Waals surface area contributed by atoms with Crippen LogP contribution in [-0.2, 0) is 20.9 Å². The summed E-state index contributed by atoms with van der Waals surface area (Å²) < 4.78 is 6.19. The Hall–Kier alpha value is -2.78. The second-order valence-electron chi connectivity index (χ2n) is 6.58. The first-order valence-electron chi connectivity index (χ1n) is 8.71. The van der Waals surface area contributed by atoms with Crippen LogP contribution in [0.2, 0.25) is 0 Å². The van der Waals surface area contributed by atoms with E-state index in [2.05, 4.69) is 10.1 Å². The summed E-state index contributed by atoms with van der Waals surface area (Å²) >= 11 is 0. The summed E-state index contributed by atoms with van der Waals surface area (Å²) in [7, 11) is 1.26. The van der Waals surface area contributed by atoms with Gasteiger partial charge < -0.3 is 20.5 Å². The minimum absolute atomic E-state index is 0.0757. The van der Waals surface area contributed by atoms with E-state index in [1.165, 1.54) is 16.7 Å². The van der Waals surface area contributed by atoms with Gasteiger partial charge in [0, 0.05) is 18.5 Å². The molecule has 0 aliphatic carbocycles. The number of β-amino-alcohol motifs (C(OH)–C–C–N with tert-alkyl or cyclic N) is 1. The van der Waals surface area contributed by atoms with Crippen molar-refractivity contribution in [2.45, 2.75) is 38.1 Å². The van der Waals surface area contributed by atoms with Crippen molar-refractivity contribution in [3.63, 3.8) is 0 Å². The molecule has 1 aliphatic heterocycles. The molecule has 1 saturated heterocycles. The topological polar surface area (TPSA) is 124 Å². The van der Waals surface area contributed by atoms with Crippen molar-refractivity contribution in [3.05, 3.63) is 36.2 Å². The largest absolute Gasteiger partial charge is 0.467 e. The average Bonchev–Trinajstić information content (AvgIpc) is 3.25. The molecular formula is C18H23N5O4. The lowest BCUT2D eigenvalue weighted by molar-refractivity contribution is -0.151. The Labute approximate surface area is 156 Å². The fraction of sp³-hybridized carbons (Fsp3) is 0.444. The fourth-order valence-electron chi connectivity index (χ4n) is 3.18. The van der Waals surface area contributed by atoms with Crippen LogP contribution in [0.25, 0.3) is 11.4 Å². The van der Waals surface area contributed by atoms with Gasteiger partial charge in [0.05, 0.1) is 19.3 Å². The van der Waals surface area contributed by atoms with E-state index in [1.807, 2.05) is 30.3 Å². The molecule has 27 heavy (non-hydrogen) atoms. The summed E-state index contributed by atoms with van der Waals surface area (Å²) in [6, 6.07) is 8.16. The van der Waals surface area contributed by atoms with Crippen LogP contribution in [-0.4, -0.2) is 62.4 Å². The van der Waals surface area contributed by atoms with Gasteiger partial charge in [-0.2, -0.15) is 5.10 Å². The zero-order chi connectivity index (χ0) is 19.6. The SMILES string of the molecule is COC(=O)[C@@H]1C[C@@H](O)CN1C(=O)Cn1nc(-c2ccccc2)nc1[C@H](C)N. The third-order valence-corrected chi connectivity index (χ3v) is 4.50. The number of hydrogen-bond donors (Lipinski definition) is 2. The first-order valence-corrected chi connectivity index (χ1v) is 8.71. The molecular weight excluding hydrogens is 350 g/mol. The van der Waals surface area contributed by atoms with Crippen molar-refractivity contribution in [1.29, 1.82) is 0 Å². The lowest BCUT2D eigenvalue weighted by Gasteiger charge is -2.22. The Morgan fingerprint density at radius 2 is 2.07 bits per heavy atom. The van der Waals surface area contributed by atoms with Crippen molar-refractivity contribution in [2.24, 2.45) is 5.73 Å². The smallest absolute Gasteiger partial charge is 0.328 e. The van der Waals surface area contributed by atoms with Gasteiger partial charge in [0.2, 0.25) is 5.91 Å². The number of amides is 1. The number of carbonyl (C=O) groups excluding carboxylic acids is 2. The van der Waals surface area contributed by atoms with Gasteiger partial charge >= 0.3 is 5.97 Å². The average molecular weight is 373 g/mol. The van der Waals surface area contributed by atoms with Crippen LogP contribution >= 0.6 is 0 Å². The third-order valence-electron chi connectivity index (χ3n) is 4.50. The van der Waals surface area contributed by atoms with Crippen molar-refractivity contribution >= 4 is 11.9 Å². The number of nitrogens with two attached hydrogens (primary N) is 1. The molecule has 3 N–H and O–H groups in total. The molecule has 9 heteroatoms. The number of hydrogen-bond acceptors (Lipinski definition) is 7. The number of aromatic nitrogens is 3. The molecule has 144 valence electrons. The van der Waals surface area contributed by atoms with Gasteiger partial charge in [0.15, 0.2) is 5.82 Å². The summed E-state index contributed by atoms with van der Waals surface area (Å²) in [6.07, 6.45) is -0.605. The van der Waals surface area contributed by atoms with E-state index in [-0.39, 0.29) is 25.4 Å². The number of likely N-dealkylation sites (tertiary alicyclic amines) is 1. The van der Waals surface area contributed by atoms with Crippen molar-refractivity contribution < 1.29 is 19.4 Å². The minimum atomic E-state index is -0.798. The number of carbonyl (C=O) groups is 2. The zero-order valence-electron chi connectivity index (χ0n) is 15.3. The van der Waals surface area contributed by atoms with Crippen LogP contribution in [0.5, 0.6) is 0 Å². The highest BCUT2D eigenvalue weighted by atomic mass is 16.5. The molecule has 1 amide bonds. The van der Waals surface area contributed by atoms with Gasteiger partial charge in [-0.25, -0.2) is 14.5 Å². The first-order chi connectivity index (χ1) is 12.9. The van der Waals surface area contributed by atoms with Gasteiger partial charge in [0.1, 0.15) is 18.4 Å². The van der Waals surface area contributed by atoms with Crippen LogP contribution < -0.4 is 5.73 Å². The minimum Gasteiger partial charge on any atom is -0.467 e. The highest BCUT2D eigenvalue weighted by Gasteiger charge is 2.39. The maximum atomic E-state index is 12.8. The second kappa shape index (κ2) is 7.85. The third kappa shape index (κ3) is 3.99. The van der Waals surface area contributed by atoms with Gasteiger partial charge in [-0.05, 0) is 6.92 Å². The maximum absolute atomic E-state index is 12.8. The molecule has 0 unspecified atom stereocenters. The highest BCUT2D eigenvalue weighted by Crippen LogP contribution is 2.21. The molecule has 3 atom stereocenters. The van der Waals surface area contributed by atoms with E-state index in [1.54, 1.807) is 6.92 Å². The van der Waals surface area contributed by atoms with Gasteiger partial charge in [-0.3, -0.25) is 4.79 Å². The summed E-state index contributed by atoms with van der Waals surface area (Å²) in [4.78, 5) is 30.5. The molecule has 0 saturated carbocycles. The van der Waals surface area contributed by atoms with Crippen molar-refractivity contribution in [3.8, 4) is 11.4 Å². The highest BCUT2D eigenvalue weighted by molar-refractivity contribution is 5.85. The van der Waals surface area contributed by atoms with E-state index < -0.39 is 24.2 Å². The lowest BCUT2D eigenvalue weighted by Crippen LogP contribution is -2.43. The summed E-state index contributed by atoms with van der Waals surface area (Å²) in [5.41, 5.74) is 6.81. The number of aliphatic hydroxyl groups excluding tert-OH is 1. The van der Waals surface area contributed by atoms with Gasteiger partial charge in [0.25, 0.3) is 0 Å². The number of esters is 1. The van der Waals surface area contributed by atoms with Gasteiger partial charge in [-0.1, -0.05) is 30.3 Å². The van der Waals surface area contributed by atoms with Crippen molar-refractivity contribution in [2.75, 3.05) is 13.7 Å². The van der Waals surface area contributed by atoms with Crippen LogP contribution in [0.3, 0.4) is 0 Å². The molecule has 0 spiro atoms. The summed E-state index contributed by atoms with van der Waals surface area (Å²) in [5, 5.41) is 14.3. The Kier molecular flexibility index (Phi) is 5.52. The van der Waals surface area contributed by atoms with E-state index in [0.29, 0.717) is 11.6 Å². The molecule has 2 heterocycles. The molecule has 0 bridgehead atoms. The molecule has 3 rings (SSSR count). The monoisotopic (exact) mass is 373 g/mol. The predicted molar refractivity (Wildman–Crippen MR) is 96.2 cm³/mol. The van der Waals surface area contributed by atoms with Crippen LogP contribution in [0.4, 0.5) is 0 Å². The Balaban J connectivity index is 1.85. The lowest BCUT2D eigenvalue weighted by atomic mass is 10.2. The van der Waals surface area contributed by atoms with E-state index in [4.69, 9.17) is 10.5 Å². The number of nitrogens with zero attached hydrogens (tertiary/aromatic N) is 4. The van der Waals surface area contributed by atoms with Gasteiger partial charge in [-0.15, -0.1) is 0 Å². The molecule has 0 radical (unpaired) electrons. The first kappa shape index (κ1) is 19.0. The molecule has 1 aromatic carbocycles. The van der Waals surface area contributed by atoms with Crippen LogP contribution in [0, 0.1) is 0 Å². The molecule has 1 aromatic heterocycles. The number of methoxy groups -OCH3 is 1. The Morgan fingerprint density at radius 3 is 2.70 bits per heavy atom. The second-order valence-corrected chi connectivity index (χ2v) is 6.58. The number of benzene rings is 1. The molecule has 1 fully saturated rings. The van der Waals surface area contributed by atoms with Crippen LogP contribution in [0.15, 0.2) is 30.3 Å². The normalized spacial score (nSPS) is 20.5. The number of aliphatic hydroxyl groups is 1. The fourth-order valence-corrected chi connectivity index (χ4v) is 3.18. The maximum Gasteiger partial charge on any atom is 0.328 e. The van der Waals surface area contributed by atoms with E-state index in [0.717, 1.165) is 5.56 Å². The molecule has 9 nitrogen and oxygen atoms in total. The van der Waals surface area contributed by atoms with Crippen LogP contribution in [0.1, 0.15) is 25.2 Å². The number of ether oxygens (including phenoxy) is 1. The predicted octanol–water partition coefficient (Wildman–Crippen LogP) is 0.0996. The quantitative estimate of drug-likeness (QED) is 0.712. The summed E-state index contributed by atoms with van der Waals surface area (Å²) in [6.45, 7) is 1.71. The summed E-state index contributed by atoms with van der Waals surface area (Å²) in [5.74, 6) is 0.0440. The number of rotatable bonds is 5. The van der Waals surface area contributed by atoms with Crippen molar-refractivity contribution in [1.82, 2.24) is 19.7 Å². The van der Waals surface area contributed by atoms with E-state index >= 15 is 0 Å². The van der Waals surface area contributed by atoms with E-state index in [9.17, 15) is 14.7 Å². The Bertz CT molecular complexity index is 820. The molecule has 1 aliphatic rings. The molecule has 2 aromatic rings. The zero-order valence-corrected chi connectivity index (χ0v) is 15.3. The Morgan fingerprint density at radius 1 is 1.37 bits per heavy atom.